The summed E-state index contributed by atoms with van der Waals surface area (Å²) in [5, 5.41) is 10.9. The van der Waals surface area contributed by atoms with Crippen molar-refractivity contribution in [2.24, 2.45) is 0 Å². The van der Waals surface area contributed by atoms with Gasteiger partial charge in [0.25, 0.3) is 11.5 Å². The van der Waals surface area contributed by atoms with Crippen LogP contribution in [0.15, 0.2) is 108 Å². The molecule has 224 valence electrons. The number of pyridine rings is 1. The third-order valence-corrected chi connectivity index (χ3v) is 9.55. The van der Waals surface area contributed by atoms with E-state index in [9.17, 15) is 14.9 Å². The van der Waals surface area contributed by atoms with Crippen LogP contribution < -0.4 is 14.8 Å². The minimum absolute atomic E-state index is 0.0450. The van der Waals surface area contributed by atoms with Gasteiger partial charge in [-0.1, -0.05) is 78.3 Å². The normalized spacial score (nSPS) is 14.8. The number of aromatic nitrogens is 2. The Morgan fingerprint density at radius 3 is 2.13 bits per heavy atom. The maximum atomic E-state index is 14.1. The van der Waals surface area contributed by atoms with E-state index < -0.39 is 5.91 Å². The van der Waals surface area contributed by atoms with Crippen LogP contribution in [0.2, 0.25) is 5.02 Å². The highest BCUT2D eigenvalue weighted by Crippen LogP contribution is 2.29. The Bertz CT molecular complexity index is 2010. The van der Waals surface area contributed by atoms with E-state index in [1.807, 2.05) is 43.3 Å². The van der Waals surface area contributed by atoms with Crippen LogP contribution in [-0.2, 0) is 4.79 Å². The topological polar surface area (TPSA) is 82.2 Å². The average molecular weight is 632 g/mol. The zero-order chi connectivity index (χ0) is 31.3. The lowest BCUT2D eigenvalue weighted by atomic mass is 9.96. The molecule has 1 aliphatic heterocycles. The number of amides is 1. The quantitative estimate of drug-likeness (QED) is 0.272. The molecule has 1 saturated heterocycles. The zero-order valence-corrected chi connectivity index (χ0v) is 26.2. The maximum absolute atomic E-state index is 14.1. The summed E-state index contributed by atoms with van der Waals surface area (Å²) < 4.78 is 2.13. The first-order valence-corrected chi connectivity index (χ1v) is 15.8. The van der Waals surface area contributed by atoms with E-state index in [0.717, 1.165) is 16.9 Å². The van der Waals surface area contributed by atoms with Crippen molar-refractivity contribution in [3.8, 4) is 11.8 Å². The molecule has 2 aromatic heterocycles. The summed E-state index contributed by atoms with van der Waals surface area (Å²) in [6.45, 7) is 3.97. The Labute approximate surface area is 270 Å². The summed E-state index contributed by atoms with van der Waals surface area (Å²) in [7, 11) is 0. The van der Waals surface area contributed by atoms with Crippen molar-refractivity contribution in [2.75, 3.05) is 26.2 Å². The molecular formula is C36H30ClN5O2S. The number of hydrogen-bond acceptors (Lipinski definition) is 6. The summed E-state index contributed by atoms with van der Waals surface area (Å²) in [6.07, 6.45) is 5.05. The number of piperazine rings is 1. The van der Waals surface area contributed by atoms with Gasteiger partial charge >= 0.3 is 0 Å². The fourth-order valence-electron chi connectivity index (χ4n) is 5.73. The van der Waals surface area contributed by atoms with Gasteiger partial charge in [0.15, 0.2) is 5.57 Å². The lowest BCUT2D eigenvalue weighted by molar-refractivity contribution is -0.126. The molecule has 45 heavy (non-hydrogen) atoms. The fraction of sp³-hybridized carbons (Fsp3) is 0.167. The van der Waals surface area contributed by atoms with Crippen molar-refractivity contribution < 1.29 is 4.79 Å². The molecule has 3 aromatic carbocycles. The average Bonchev–Trinajstić information content (AvgIpc) is 3.39. The van der Waals surface area contributed by atoms with E-state index in [2.05, 4.69) is 40.2 Å². The summed E-state index contributed by atoms with van der Waals surface area (Å²) in [4.78, 5) is 36.1. The first kappa shape index (κ1) is 30.2. The molecule has 6 rings (SSSR count). The standard InChI is InChI=1S/C36H30ClN5O2S/c1-25-30(37)13-8-14-31(25)42-35(44)32(23-26-15-17-39-18-16-26)45-36(42)29(24-38)34(43)41-21-19-40(20-22-41)33(27-9-4-2-5-10-27)28-11-6-3-7-12-28/h2-18,23,33H,19-22H2,1H3. The number of carbonyl (C=O) groups is 1. The van der Waals surface area contributed by atoms with Gasteiger partial charge in [-0.15, -0.1) is 11.3 Å². The van der Waals surface area contributed by atoms with Crippen LogP contribution in [0.1, 0.15) is 28.3 Å². The Kier molecular flexibility index (Phi) is 9.03. The molecular weight excluding hydrogens is 602 g/mol. The summed E-state index contributed by atoms with van der Waals surface area (Å²) in [5.41, 5.74) is 3.99. The minimum Gasteiger partial charge on any atom is -0.335 e. The lowest BCUT2D eigenvalue weighted by Crippen LogP contribution is -2.50. The van der Waals surface area contributed by atoms with Crippen LogP contribution in [0.3, 0.4) is 0 Å². The first-order valence-electron chi connectivity index (χ1n) is 14.6. The van der Waals surface area contributed by atoms with Crippen LogP contribution in [0, 0.1) is 18.3 Å². The molecule has 7 nitrogen and oxygen atoms in total. The van der Waals surface area contributed by atoms with Crippen LogP contribution in [0.4, 0.5) is 0 Å². The molecule has 0 N–H and O–H groups in total. The van der Waals surface area contributed by atoms with E-state index in [-0.39, 0.29) is 21.8 Å². The van der Waals surface area contributed by atoms with Gasteiger partial charge in [0.05, 0.1) is 16.3 Å². The number of nitrogens with zero attached hydrogens (tertiary/aromatic N) is 5. The highest BCUT2D eigenvalue weighted by atomic mass is 35.5. The molecule has 0 spiro atoms. The molecule has 0 saturated carbocycles. The van der Waals surface area contributed by atoms with E-state index >= 15 is 0 Å². The second-order valence-corrected chi connectivity index (χ2v) is 12.2. The van der Waals surface area contributed by atoms with E-state index in [1.165, 1.54) is 15.7 Å². The third kappa shape index (κ3) is 6.24. The van der Waals surface area contributed by atoms with Gasteiger partial charge in [-0.05, 0) is 59.5 Å². The highest BCUT2D eigenvalue weighted by molar-refractivity contribution is 7.07. The smallest absolute Gasteiger partial charge is 0.273 e. The van der Waals surface area contributed by atoms with Crippen molar-refractivity contribution in [2.45, 2.75) is 13.0 Å². The van der Waals surface area contributed by atoms with E-state index in [0.29, 0.717) is 47.0 Å². The number of carbonyl (C=O) groups excluding carboxylic acids is 1. The molecule has 0 aliphatic carbocycles. The first-order chi connectivity index (χ1) is 22.0. The molecule has 0 radical (unpaired) electrons. The molecule has 0 atom stereocenters. The van der Waals surface area contributed by atoms with Gasteiger partial charge in [-0.3, -0.25) is 24.0 Å². The molecule has 3 heterocycles. The largest absolute Gasteiger partial charge is 0.335 e. The Morgan fingerprint density at radius 2 is 1.53 bits per heavy atom. The van der Waals surface area contributed by atoms with Crippen LogP contribution in [-0.4, -0.2) is 51.4 Å². The van der Waals surface area contributed by atoms with Gasteiger partial charge < -0.3 is 4.90 Å². The Balaban J connectivity index is 1.38. The fourth-order valence-corrected chi connectivity index (χ4v) is 6.99. The van der Waals surface area contributed by atoms with Gasteiger partial charge in [0, 0.05) is 43.6 Å². The second kappa shape index (κ2) is 13.4. The Morgan fingerprint density at radius 1 is 0.911 bits per heavy atom. The van der Waals surface area contributed by atoms with Gasteiger partial charge in [-0.2, -0.15) is 5.26 Å². The van der Waals surface area contributed by atoms with Crippen molar-refractivity contribution in [3.63, 3.8) is 0 Å². The molecule has 0 bridgehead atoms. The predicted molar refractivity (Wildman–Crippen MR) is 179 cm³/mol. The molecule has 1 fully saturated rings. The molecule has 1 amide bonds. The number of benzene rings is 3. The van der Waals surface area contributed by atoms with E-state index in [1.54, 1.807) is 53.7 Å². The van der Waals surface area contributed by atoms with Crippen molar-refractivity contribution >= 4 is 40.5 Å². The van der Waals surface area contributed by atoms with Crippen molar-refractivity contribution in [1.29, 1.82) is 5.26 Å². The van der Waals surface area contributed by atoms with Gasteiger partial charge in [-0.25, -0.2) is 0 Å². The summed E-state index contributed by atoms with van der Waals surface area (Å²) in [5.74, 6) is -0.390. The van der Waals surface area contributed by atoms with Crippen LogP contribution in [0.5, 0.6) is 0 Å². The predicted octanol–water partition coefficient (Wildman–Crippen LogP) is 4.69. The molecule has 1 aliphatic rings. The monoisotopic (exact) mass is 631 g/mol. The maximum Gasteiger partial charge on any atom is 0.273 e. The summed E-state index contributed by atoms with van der Waals surface area (Å²) in [6, 6.07) is 31.8. The third-order valence-electron chi connectivity index (χ3n) is 8.04. The molecule has 5 aromatic rings. The minimum atomic E-state index is -0.390. The number of thiazole rings is 1. The molecule has 0 unspecified atom stereocenters. The number of rotatable bonds is 6. The number of hydrogen-bond donors (Lipinski definition) is 0. The lowest BCUT2D eigenvalue weighted by Gasteiger charge is -2.39. The van der Waals surface area contributed by atoms with Crippen LogP contribution in [0.25, 0.3) is 17.3 Å². The van der Waals surface area contributed by atoms with Crippen molar-refractivity contribution in [1.82, 2.24) is 19.4 Å². The molecule has 9 heteroatoms. The van der Waals surface area contributed by atoms with E-state index in [4.69, 9.17) is 11.6 Å². The highest BCUT2D eigenvalue weighted by Gasteiger charge is 2.30. The summed E-state index contributed by atoms with van der Waals surface area (Å²) >= 11 is 7.58. The zero-order valence-electron chi connectivity index (χ0n) is 24.6. The number of halogens is 1. The van der Waals surface area contributed by atoms with Gasteiger partial charge in [0.1, 0.15) is 10.7 Å². The SMILES string of the molecule is Cc1c(Cl)cccc1-n1c(=C(C#N)C(=O)N2CCN(C(c3ccccc3)c3ccccc3)CC2)sc(=Cc2ccncc2)c1=O. The Hall–Kier alpha value is -4.81. The van der Waals surface area contributed by atoms with Gasteiger partial charge in [0.2, 0.25) is 0 Å². The number of nitriles is 1. The van der Waals surface area contributed by atoms with Crippen molar-refractivity contribution in [3.05, 3.63) is 150 Å². The van der Waals surface area contributed by atoms with Crippen LogP contribution >= 0.6 is 22.9 Å². The second-order valence-electron chi connectivity index (χ2n) is 10.8.